The molecule has 2 aromatic heterocycles. The maximum atomic E-state index is 12.7. The number of carbonyl (C=O) groups excluding carboxylic acids is 2. The molecular weight excluding hydrogens is 346 g/mol. The van der Waals surface area contributed by atoms with Crippen LogP contribution >= 0.6 is 0 Å². The quantitative estimate of drug-likeness (QED) is 0.531. The van der Waals surface area contributed by atoms with Gasteiger partial charge in [-0.05, 0) is 38.5 Å². The Hall–Kier alpha value is -3.29. The molecular formula is C19H21N5O3. The smallest absolute Gasteiger partial charge is 0.355 e. The number of aryl methyl sites for hydroxylation is 2. The van der Waals surface area contributed by atoms with Crippen molar-refractivity contribution in [3.05, 3.63) is 52.3 Å². The molecule has 27 heavy (non-hydrogen) atoms. The molecule has 0 aliphatic heterocycles. The summed E-state index contributed by atoms with van der Waals surface area (Å²) in [5.74, 6) is -0.222. The summed E-state index contributed by atoms with van der Waals surface area (Å²) in [5, 5.41) is 12.3. The van der Waals surface area contributed by atoms with E-state index < -0.39 is 5.97 Å². The molecule has 8 nitrogen and oxygen atoms in total. The predicted octanol–water partition coefficient (Wildman–Crippen LogP) is 2.65. The maximum absolute atomic E-state index is 12.7. The zero-order valence-corrected chi connectivity index (χ0v) is 15.7. The van der Waals surface area contributed by atoms with Crippen LogP contribution < -0.4 is 0 Å². The number of Topliss-reactive ketones (excluding diaryl/α,β-unsaturated/α-hetero) is 1. The highest BCUT2D eigenvalue weighted by Crippen LogP contribution is 2.20. The number of rotatable bonds is 6. The number of tetrazole rings is 1. The molecule has 0 aliphatic carbocycles. The molecule has 0 amide bonds. The summed E-state index contributed by atoms with van der Waals surface area (Å²) in [6.07, 6.45) is 0. The van der Waals surface area contributed by atoms with Crippen LogP contribution in [0.1, 0.15) is 44.6 Å². The van der Waals surface area contributed by atoms with Crippen LogP contribution in [0.25, 0.3) is 11.4 Å². The van der Waals surface area contributed by atoms with Gasteiger partial charge in [-0.2, -0.15) is 4.80 Å². The molecule has 8 heteroatoms. The lowest BCUT2D eigenvalue weighted by atomic mass is 10.1. The Morgan fingerprint density at radius 1 is 1.15 bits per heavy atom. The molecule has 0 fully saturated rings. The highest BCUT2D eigenvalue weighted by molar-refractivity contribution is 6.02. The average molecular weight is 367 g/mol. The van der Waals surface area contributed by atoms with Gasteiger partial charge < -0.3 is 9.72 Å². The van der Waals surface area contributed by atoms with Crippen molar-refractivity contribution in [2.45, 2.75) is 34.2 Å². The fourth-order valence-corrected chi connectivity index (χ4v) is 2.91. The van der Waals surface area contributed by atoms with Crippen LogP contribution in [0.2, 0.25) is 0 Å². The number of aromatic nitrogens is 5. The largest absolute Gasteiger partial charge is 0.461 e. The van der Waals surface area contributed by atoms with Gasteiger partial charge in [-0.25, -0.2) is 4.79 Å². The van der Waals surface area contributed by atoms with E-state index in [4.69, 9.17) is 4.74 Å². The Bertz CT molecular complexity index is 985. The average Bonchev–Trinajstić information content (AvgIpc) is 3.20. The van der Waals surface area contributed by atoms with Crippen LogP contribution in [-0.2, 0) is 11.3 Å². The SMILES string of the molecule is CCOC(=O)c1[nH]c(C)c(C(=O)Cn2nnc(-c3ccc(C)cc3)n2)c1C. The summed E-state index contributed by atoms with van der Waals surface area (Å²) in [5.41, 5.74) is 3.89. The topological polar surface area (TPSA) is 103 Å². The molecule has 3 aromatic rings. The van der Waals surface area contributed by atoms with Crippen molar-refractivity contribution in [1.29, 1.82) is 0 Å². The molecule has 140 valence electrons. The lowest BCUT2D eigenvalue weighted by molar-refractivity contribution is 0.0519. The second-order valence-corrected chi connectivity index (χ2v) is 6.28. The van der Waals surface area contributed by atoms with Gasteiger partial charge in [0.15, 0.2) is 5.78 Å². The first-order chi connectivity index (χ1) is 12.9. The van der Waals surface area contributed by atoms with E-state index in [2.05, 4.69) is 20.4 Å². The van der Waals surface area contributed by atoms with Crippen molar-refractivity contribution in [3.63, 3.8) is 0 Å². The first-order valence-electron chi connectivity index (χ1n) is 8.65. The first-order valence-corrected chi connectivity index (χ1v) is 8.65. The molecule has 0 atom stereocenters. The highest BCUT2D eigenvalue weighted by atomic mass is 16.5. The second-order valence-electron chi connectivity index (χ2n) is 6.28. The minimum Gasteiger partial charge on any atom is -0.461 e. The minimum absolute atomic E-state index is 0.0688. The Morgan fingerprint density at radius 2 is 1.85 bits per heavy atom. The van der Waals surface area contributed by atoms with Gasteiger partial charge in [0.05, 0.1) is 6.61 Å². The molecule has 1 aromatic carbocycles. The minimum atomic E-state index is -0.474. The van der Waals surface area contributed by atoms with E-state index >= 15 is 0 Å². The molecule has 0 saturated carbocycles. The summed E-state index contributed by atoms with van der Waals surface area (Å²) in [4.78, 5) is 28.9. The predicted molar refractivity (Wildman–Crippen MR) is 98.5 cm³/mol. The third-order valence-electron chi connectivity index (χ3n) is 4.24. The molecule has 1 N–H and O–H groups in total. The summed E-state index contributed by atoms with van der Waals surface area (Å²) in [7, 11) is 0. The second kappa shape index (κ2) is 7.53. The lowest BCUT2D eigenvalue weighted by Crippen LogP contribution is -2.15. The number of ether oxygens (including phenoxy) is 1. The number of nitrogens with zero attached hydrogens (tertiary/aromatic N) is 4. The summed E-state index contributed by atoms with van der Waals surface area (Å²) >= 11 is 0. The molecule has 3 rings (SSSR count). The van der Waals surface area contributed by atoms with Crippen molar-refractivity contribution < 1.29 is 14.3 Å². The Balaban J connectivity index is 1.80. The number of H-pyrrole nitrogens is 1. The molecule has 0 radical (unpaired) electrons. The van der Waals surface area contributed by atoms with Crippen LogP contribution in [-0.4, -0.2) is 43.6 Å². The van der Waals surface area contributed by atoms with E-state index in [-0.39, 0.29) is 18.9 Å². The van der Waals surface area contributed by atoms with Gasteiger partial charge in [0.1, 0.15) is 12.2 Å². The summed E-state index contributed by atoms with van der Waals surface area (Å²) in [6, 6.07) is 7.74. The zero-order valence-electron chi connectivity index (χ0n) is 15.7. The highest BCUT2D eigenvalue weighted by Gasteiger charge is 2.23. The lowest BCUT2D eigenvalue weighted by Gasteiger charge is -2.02. The summed E-state index contributed by atoms with van der Waals surface area (Å²) in [6.45, 7) is 7.39. The van der Waals surface area contributed by atoms with Crippen LogP contribution in [0.4, 0.5) is 0 Å². The fraction of sp³-hybridized carbons (Fsp3) is 0.316. The number of ketones is 1. The number of carbonyl (C=O) groups is 2. The summed E-state index contributed by atoms with van der Waals surface area (Å²) < 4.78 is 5.01. The van der Waals surface area contributed by atoms with Crippen molar-refractivity contribution in [2.75, 3.05) is 6.61 Å². The van der Waals surface area contributed by atoms with Gasteiger partial charge in [0, 0.05) is 16.8 Å². The number of hydrogen-bond donors (Lipinski definition) is 1. The number of esters is 1. The molecule has 0 saturated heterocycles. The van der Waals surface area contributed by atoms with E-state index in [9.17, 15) is 9.59 Å². The van der Waals surface area contributed by atoms with Crippen molar-refractivity contribution >= 4 is 11.8 Å². The number of aromatic amines is 1. The van der Waals surface area contributed by atoms with Gasteiger partial charge >= 0.3 is 5.97 Å². The standard InChI is InChI=1S/C19H21N5O3/c1-5-27-19(26)17-12(3)16(13(4)20-17)15(25)10-24-22-18(21-23-24)14-8-6-11(2)7-9-14/h6-9,20H,5,10H2,1-4H3. The van der Waals surface area contributed by atoms with Gasteiger partial charge in [-0.15, -0.1) is 10.2 Å². The van der Waals surface area contributed by atoms with Crippen LogP contribution in [0.15, 0.2) is 24.3 Å². The van der Waals surface area contributed by atoms with E-state index in [0.29, 0.717) is 28.3 Å². The van der Waals surface area contributed by atoms with E-state index in [0.717, 1.165) is 11.1 Å². The van der Waals surface area contributed by atoms with Crippen molar-refractivity contribution in [3.8, 4) is 11.4 Å². The van der Waals surface area contributed by atoms with Crippen LogP contribution in [0.5, 0.6) is 0 Å². The van der Waals surface area contributed by atoms with Crippen LogP contribution in [0, 0.1) is 20.8 Å². The molecule has 0 spiro atoms. The molecule has 0 bridgehead atoms. The zero-order chi connectivity index (χ0) is 19.6. The number of nitrogens with one attached hydrogen (secondary N) is 1. The van der Waals surface area contributed by atoms with Gasteiger partial charge in [0.25, 0.3) is 0 Å². The molecule has 0 unspecified atom stereocenters. The van der Waals surface area contributed by atoms with Gasteiger partial charge in [0.2, 0.25) is 5.82 Å². The normalized spacial score (nSPS) is 10.8. The van der Waals surface area contributed by atoms with E-state index in [1.54, 1.807) is 20.8 Å². The van der Waals surface area contributed by atoms with Gasteiger partial charge in [-0.3, -0.25) is 4.79 Å². The first kappa shape index (κ1) is 18.5. The fourth-order valence-electron chi connectivity index (χ4n) is 2.91. The van der Waals surface area contributed by atoms with Crippen molar-refractivity contribution in [1.82, 2.24) is 25.2 Å². The molecule has 0 aliphatic rings. The van der Waals surface area contributed by atoms with E-state index in [1.807, 2.05) is 31.2 Å². The third-order valence-corrected chi connectivity index (χ3v) is 4.24. The third kappa shape index (κ3) is 3.79. The Kier molecular flexibility index (Phi) is 5.16. The van der Waals surface area contributed by atoms with Gasteiger partial charge in [-0.1, -0.05) is 29.8 Å². The van der Waals surface area contributed by atoms with E-state index in [1.165, 1.54) is 4.80 Å². The number of hydrogen-bond acceptors (Lipinski definition) is 6. The van der Waals surface area contributed by atoms with Crippen molar-refractivity contribution in [2.24, 2.45) is 0 Å². The monoisotopic (exact) mass is 367 g/mol. The van der Waals surface area contributed by atoms with Crippen LogP contribution in [0.3, 0.4) is 0 Å². The Labute approximate surface area is 156 Å². The molecule has 2 heterocycles. The maximum Gasteiger partial charge on any atom is 0.355 e. The Morgan fingerprint density at radius 3 is 2.52 bits per heavy atom. The number of benzene rings is 1.